The number of rotatable bonds is 4. The van der Waals surface area contributed by atoms with E-state index in [0.29, 0.717) is 25.2 Å². The smallest absolute Gasteiger partial charge is 0.322 e. The van der Waals surface area contributed by atoms with Crippen LogP contribution in [0.2, 0.25) is 0 Å². The van der Waals surface area contributed by atoms with Crippen molar-refractivity contribution < 1.29 is 14.0 Å². The highest BCUT2D eigenvalue weighted by molar-refractivity contribution is 5.94. The fourth-order valence-electron chi connectivity index (χ4n) is 3.02. The van der Waals surface area contributed by atoms with Crippen molar-refractivity contribution in [2.45, 2.75) is 32.4 Å². The summed E-state index contributed by atoms with van der Waals surface area (Å²) in [7, 11) is 0. The van der Waals surface area contributed by atoms with Crippen LogP contribution in [0, 0.1) is 12.7 Å². The second-order valence-corrected chi connectivity index (χ2v) is 6.49. The third-order valence-electron chi connectivity index (χ3n) is 4.50. The zero-order chi connectivity index (χ0) is 18.5. The Morgan fingerprint density at radius 2 is 1.81 bits per heavy atom. The van der Waals surface area contributed by atoms with Crippen molar-refractivity contribution in [3.05, 3.63) is 65.5 Å². The maximum absolute atomic E-state index is 13.0. The molecule has 26 heavy (non-hydrogen) atoms. The molecule has 1 heterocycles. The zero-order valence-electron chi connectivity index (χ0n) is 14.7. The number of amides is 3. The van der Waals surface area contributed by atoms with E-state index in [1.807, 2.05) is 31.2 Å². The average Bonchev–Trinajstić information content (AvgIpc) is 3.13. The van der Waals surface area contributed by atoms with Crippen molar-refractivity contribution >= 4 is 17.6 Å². The summed E-state index contributed by atoms with van der Waals surface area (Å²) in [6, 6.07) is 12.7. The highest BCUT2D eigenvalue weighted by Gasteiger charge is 2.34. The van der Waals surface area contributed by atoms with Crippen molar-refractivity contribution in [3.63, 3.8) is 0 Å². The van der Waals surface area contributed by atoms with Crippen LogP contribution in [-0.2, 0) is 11.3 Å². The number of hydrogen-bond donors (Lipinski definition) is 2. The Kier molecular flexibility index (Phi) is 5.51. The van der Waals surface area contributed by atoms with Gasteiger partial charge in [0.1, 0.15) is 11.9 Å². The number of aryl methyl sites for hydroxylation is 1. The van der Waals surface area contributed by atoms with Crippen molar-refractivity contribution in [2.24, 2.45) is 0 Å². The van der Waals surface area contributed by atoms with Gasteiger partial charge >= 0.3 is 6.03 Å². The Labute approximate surface area is 152 Å². The second-order valence-electron chi connectivity index (χ2n) is 6.49. The summed E-state index contributed by atoms with van der Waals surface area (Å²) in [6.07, 6.45) is 1.41. The first-order valence-electron chi connectivity index (χ1n) is 8.69. The third kappa shape index (κ3) is 4.39. The van der Waals surface area contributed by atoms with Gasteiger partial charge in [-0.3, -0.25) is 4.79 Å². The molecule has 0 bridgehead atoms. The van der Waals surface area contributed by atoms with Gasteiger partial charge in [-0.2, -0.15) is 0 Å². The summed E-state index contributed by atoms with van der Waals surface area (Å²) < 4.78 is 13.0. The lowest BCUT2D eigenvalue weighted by atomic mass is 10.1. The van der Waals surface area contributed by atoms with Crippen molar-refractivity contribution in [1.82, 2.24) is 10.2 Å². The predicted octanol–water partition coefficient (Wildman–Crippen LogP) is 3.45. The second kappa shape index (κ2) is 7.99. The molecule has 1 aliphatic heterocycles. The first-order chi connectivity index (χ1) is 12.5. The molecular weight excluding hydrogens is 333 g/mol. The molecule has 6 heteroatoms. The molecule has 1 aliphatic rings. The van der Waals surface area contributed by atoms with E-state index in [2.05, 4.69) is 10.6 Å². The molecule has 0 aromatic heterocycles. The summed E-state index contributed by atoms with van der Waals surface area (Å²) in [5, 5.41) is 5.62. The van der Waals surface area contributed by atoms with Gasteiger partial charge in [0.25, 0.3) is 0 Å². The molecular formula is C20H22FN3O2. The molecule has 1 saturated heterocycles. The Balaban J connectivity index is 1.57. The number of likely N-dealkylation sites (tertiary alicyclic amines) is 1. The SMILES string of the molecule is Cc1ccc(CNC(=O)[C@H]2CCCN2C(=O)Nc2ccc(F)cc2)cc1. The topological polar surface area (TPSA) is 61.4 Å². The number of urea groups is 1. The van der Waals surface area contributed by atoms with Gasteiger partial charge in [-0.25, -0.2) is 9.18 Å². The first kappa shape index (κ1) is 17.9. The molecule has 3 amide bonds. The summed E-state index contributed by atoms with van der Waals surface area (Å²) in [6.45, 7) is 2.97. The van der Waals surface area contributed by atoms with E-state index in [-0.39, 0.29) is 17.8 Å². The van der Waals surface area contributed by atoms with Crippen molar-refractivity contribution in [1.29, 1.82) is 0 Å². The number of carbonyl (C=O) groups is 2. The molecule has 0 unspecified atom stereocenters. The zero-order valence-corrected chi connectivity index (χ0v) is 14.7. The quantitative estimate of drug-likeness (QED) is 0.882. The van der Waals surface area contributed by atoms with Crippen molar-refractivity contribution in [2.75, 3.05) is 11.9 Å². The fraction of sp³-hybridized carbons (Fsp3) is 0.300. The molecule has 1 fully saturated rings. The lowest BCUT2D eigenvalue weighted by molar-refractivity contribution is -0.124. The number of halogens is 1. The molecule has 1 atom stereocenters. The Morgan fingerprint density at radius 1 is 1.12 bits per heavy atom. The Hall–Kier alpha value is -2.89. The van der Waals surface area contributed by atoms with Gasteiger partial charge in [-0.1, -0.05) is 29.8 Å². The molecule has 0 radical (unpaired) electrons. The molecule has 0 spiro atoms. The van der Waals surface area contributed by atoms with Gasteiger partial charge in [0.2, 0.25) is 5.91 Å². The van der Waals surface area contributed by atoms with Crippen LogP contribution in [0.15, 0.2) is 48.5 Å². The van der Waals surface area contributed by atoms with Crippen LogP contribution in [0.4, 0.5) is 14.9 Å². The highest BCUT2D eigenvalue weighted by Crippen LogP contribution is 2.19. The standard InChI is InChI=1S/C20H22FN3O2/c1-14-4-6-15(7-5-14)13-22-19(25)18-3-2-12-24(18)20(26)23-17-10-8-16(21)9-11-17/h4-11,18H,2-3,12-13H2,1H3,(H,22,25)(H,23,26)/t18-/m1/s1. The number of nitrogens with zero attached hydrogens (tertiary/aromatic N) is 1. The normalized spacial score (nSPS) is 16.4. The van der Waals surface area contributed by atoms with Gasteiger partial charge in [0.15, 0.2) is 0 Å². The van der Waals surface area contributed by atoms with E-state index < -0.39 is 6.04 Å². The number of hydrogen-bond acceptors (Lipinski definition) is 2. The van der Waals surface area contributed by atoms with E-state index in [1.54, 1.807) is 0 Å². The molecule has 136 valence electrons. The lowest BCUT2D eigenvalue weighted by Crippen LogP contribution is -2.47. The maximum atomic E-state index is 13.0. The van der Waals surface area contributed by atoms with E-state index in [0.717, 1.165) is 12.0 Å². The molecule has 0 saturated carbocycles. The van der Waals surface area contributed by atoms with Crippen LogP contribution in [-0.4, -0.2) is 29.4 Å². The van der Waals surface area contributed by atoms with Gasteiger partial charge in [-0.05, 0) is 49.6 Å². The van der Waals surface area contributed by atoms with Crippen LogP contribution >= 0.6 is 0 Å². The van der Waals surface area contributed by atoms with Gasteiger partial charge in [0.05, 0.1) is 0 Å². The summed E-state index contributed by atoms with van der Waals surface area (Å²) >= 11 is 0. The highest BCUT2D eigenvalue weighted by atomic mass is 19.1. The van der Waals surface area contributed by atoms with Gasteiger partial charge in [-0.15, -0.1) is 0 Å². The fourth-order valence-corrected chi connectivity index (χ4v) is 3.02. The average molecular weight is 355 g/mol. The minimum atomic E-state index is -0.485. The minimum absolute atomic E-state index is 0.155. The maximum Gasteiger partial charge on any atom is 0.322 e. The third-order valence-corrected chi connectivity index (χ3v) is 4.50. The van der Waals surface area contributed by atoms with E-state index >= 15 is 0 Å². The van der Waals surface area contributed by atoms with E-state index in [4.69, 9.17) is 0 Å². The monoisotopic (exact) mass is 355 g/mol. The summed E-state index contributed by atoms with van der Waals surface area (Å²) in [5.74, 6) is -0.519. The number of benzene rings is 2. The predicted molar refractivity (Wildman–Crippen MR) is 98.2 cm³/mol. The van der Waals surface area contributed by atoms with Crippen LogP contribution in [0.25, 0.3) is 0 Å². The molecule has 3 rings (SSSR count). The molecule has 5 nitrogen and oxygen atoms in total. The number of nitrogens with one attached hydrogen (secondary N) is 2. The Bertz CT molecular complexity index is 775. The lowest BCUT2D eigenvalue weighted by Gasteiger charge is -2.24. The number of carbonyl (C=O) groups excluding carboxylic acids is 2. The number of anilines is 1. The van der Waals surface area contributed by atoms with Gasteiger partial charge in [0, 0.05) is 18.8 Å². The molecule has 0 aliphatic carbocycles. The van der Waals surface area contributed by atoms with E-state index in [1.165, 1.54) is 34.7 Å². The van der Waals surface area contributed by atoms with E-state index in [9.17, 15) is 14.0 Å². The van der Waals surface area contributed by atoms with Crippen LogP contribution in [0.5, 0.6) is 0 Å². The van der Waals surface area contributed by atoms with Gasteiger partial charge < -0.3 is 15.5 Å². The van der Waals surface area contributed by atoms with Crippen LogP contribution < -0.4 is 10.6 Å². The summed E-state index contributed by atoms with van der Waals surface area (Å²) in [5.41, 5.74) is 2.69. The first-order valence-corrected chi connectivity index (χ1v) is 8.69. The van der Waals surface area contributed by atoms with Crippen molar-refractivity contribution in [3.8, 4) is 0 Å². The molecule has 2 aromatic carbocycles. The Morgan fingerprint density at radius 3 is 2.50 bits per heavy atom. The summed E-state index contributed by atoms with van der Waals surface area (Å²) in [4.78, 5) is 26.5. The molecule has 2 N–H and O–H groups in total. The van der Waals surface area contributed by atoms with Crippen LogP contribution in [0.1, 0.15) is 24.0 Å². The molecule has 2 aromatic rings. The minimum Gasteiger partial charge on any atom is -0.350 e. The largest absolute Gasteiger partial charge is 0.350 e. The van der Waals surface area contributed by atoms with Crippen LogP contribution in [0.3, 0.4) is 0 Å².